The summed E-state index contributed by atoms with van der Waals surface area (Å²) in [5.41, 5.74) is 7.35. The second kappa shape index (κ2) is 6.11. The molecule has 2 aromatic rings. The van der Waals surface area contributed by atoms with Gasteiger partial charge < -0.3 is 5.73 Å². The average molecular weight is 291 g/mol. The molecular weight excluding hydrogens is 274 g/mol. The van der Waals surface area contributed by atoms with Gasteiger partial charge in [0.1, 0.15) is 0 Å². The van der Waals surface area contributed by atoms with Crippen LogP contribution in [0.2, 0.25) is 0 Å². The summed E-state index contributed by atoms with van der Waals surface area (Å²) < 4.78 is 0. The highest BCUT2D eigenvalue weighted by Crippen LogP contribution is 2.36. The van der Waals surface area contributed by atoms with Crippen molar-refractivity contribution in [2.45, 2.75) is 26.2 Å². The molecule has 1 atom stereocenters. The van der Waals surface area contributed by atoms with Gasteiger partial charge in [-0.15, -0.1) is 11.3 Å². The number of benzene rings is 1. The summed E-state index contributed by atoms with van der Waals surface area (Å²) in [4.78, 5) is 16.2. The number of non-ortho nitro benzene ring substituents is 1. The molecule has 0 aliphatic heterocycles. The van der Waals surface area contributed by atoms with Crippen LogP contribution in [0.3, 0.4) is 0 Å². The third-order valence-corrected chi connectivity index (χ3v) is 4.34. The van der Waals surface area contributed by atoms with Gasteiger partial charge in [0.2, 0.25) is 0 Å². The van der Waals surface area contributed by atoms with Crippen LogP contribution in [0.25, 0.3) is 11.3 Å². The zero-order valence-corrected chi connectivity index (χ0v) is 12.3. The molecular formula is C14H17N3O2S. The van der Waals surface area contributed by atoms with Gasteiger partial charge in [0.15, 0.2) is 0 Å². The van der Waals surface area contributed by atoms with E-state index in [1.807, 2.05) is 13.0 Å². The van der Waals surface area contributed by atoms with Crippen LogP contribution >= 0.6 is 11.3 Å². The number of aryl methyl sites for hydroxylation is 1. The second-order valence-electron chi connectivity index (χ2n) is 4.73. The zero-order valence-electron chi connectivity index (χ0n) is 11.5. The number of aromatic nitrogens is 1. The molecule has 0 saturated heterocycles. The third kappa shape index (κ3) is 3.02. The maximum atomic E-state index is 10.9. The summed E-state index contributed by atoms with van der Waals surface area (Å²) in [6.45, 7) is 4.68. The molecule has 2 rings (SSSR count). The van der Waals surface area contributed by atoms with E-state index in [0.29, 0.717) is 12.5 Å². The molecule has 106 valence electrons. The molecule has 5 nitrogen and oxygen atoms in total. The van der Waals surface area contributed by atoms with Crippen molar-refractivity contribution < 1.29 is 4.92 Å². The minimum absolute atomic E-state index is 0.0885. The van der Waals surface area contributed by atoms with E-state index in [1.165, 1.54) is 6.07 Å². The predicted octanol–water partition coefficient (Wildman–Crippen LogP) is 3.48. The van der Waals surface area contributed by atoms with E-state index in [-0.39, 0.29) is 10.6 Å². The highest BCUT2D eigenvalue weighted by molar-refractivity contribution is 7.12. The van der Waals surface area contributed by atoms with E-state index in [4.69, 9.17) is 5.73 Å². The molecule has 20 heavy (non-hydrogen) atoms. The smallest absolute Gasteiger partial charge is 0.270 e. The lowest BCUT2D eigenvalue weighted by Crippen LogP contribution is -2.04. The average Bonchev–Trinajstić information content (AvgIpc) is 2.81. The van der Waals surface area contributed by atoms with Crippen LogP contribution in [-0.4, -0.2) is 16.5 Å². The summed E-state index contributed by atoms with van der Waals surface area (Å²) in [5.74, 6) is 0.306. The number of thiazole rings is 1. The number of nitrogens with zero attached hydrogens (tertiary/aromatic N) is 2. The van der Waals surface area contributed by atoms with Crippen molar-refractivity contribution in [2.24, 2.45) is 5.73 Å². The van der Waals surface area contributed by atoms with Gasteiger partial charge in [-0.3, -0.25) is 10.1 Å². The van der Waals surface area contributed by atoms with E-state index in [0.717, 1.165) is 27.6 Å². The summed E-state index contributed by atoms with van der Waals surface area (Å²) in [6.07, 6.45) is 0.879. The van der Waals surface area contributed by atoms with E-state index >= 15 is 0 Å². The standard InChI is InChI=1S/C14H17N3O2S/c1-9(6-7-15)14-13(16-10(2)20-14)11-4-3-5-12(8-11)17(18)19/h3-5,8-9H,6-7,15H2,1-2H3. The lowest BCUT2D eigenvalue weighted by molar-refractivity contribution is -0.384. The van der Waals surface area contributed by atoms with Crippen molar-refractivity contribution in [3.05, 3.63) is 44.3 Å². The van der Waals surface area contributed by atoms with Crippen LogP contribution in [0.5, 0.6) is 0 Å². The van der Waals surface area contributed by atoms with Crippen LogP contribution in [0.15, 0.2) is 24.3 Å². The number of hydrogen-bond donors (Lipinski definition) is 1. The molecule has 0 bridgehead atoms. The van der Waals surface area contributed by atoms with E-state index in [2.05, 4.69) is 11.9 Å². The molecule has 0 aliphatic rings. The minimum Gasteiger partial charge on any atom is -0.330 e. The van der Waals surface area contributed by atoms with Gasteiger partial charge in [0.05, 0.1) is 15.6 Å². The molecule has 0 aliphatic carbocycles. The Morgan fingerprint density at radius 2 is 2.25 bits per heavy atom. The molecule has 0 spiro atoms. The van der Waals surface area contributed by atoms with Crippen molar-refractivity contribution in [2.75, 3.05) is 6.54 Å². The lowest BCUT2D eigenvalue weighted by atomic mass is 10.0. The fourth-order valence-corrected chi connectivity index (χ4v) is 3.17. The summed E-state index contributed by atoms with van der Waals surface area (Å²) in [5, 5.41) is 11.8. The van der Waals surface area contributed by atoms with Crippen LogP contribution < -0.4 is 5.73 Å². The Kier molecular flexibility index (Phi) is 4.46. The van der Waals surface area contributed by atoms with Gasteiger partial charge >= 0.3 is 0 Å². The maximum absolute atomic E-state index is 10.9. The second-order valence-corrected chi connectivity index (χ2v) is 5.97. The van der Waals surface area contributed by atoms with Crippen LogP contribution in [0.1, 0.15) is 29.1 Å². The first-order chi connectivity index (χ1) is 9.52. The molecule has 0 amide bonds. The Hall–Kier alpha value is -1.79. The number of rotatable bonds is 5. The van der Waals surface area contributed by atoms with Gasteiger partial charge in [-0.05, 0) is 25.8 Å². The third-order valence-electron chi connectivity index (χ3n) is 3.14. The Labute approximate surface area is 121 Å². The fraction of sp³-hybridized carbons (Fsp3) is 0.357. The molecule has 1 heterocycles. The summed E-state index contributed by atoms with van der Waals surface area (Å²) in [6, 6.07) is 6.62. The Morgan fingerprint density at radius 1 is 1.50 bits per heavy atom. The van der Waals surface area contributed by atoms with Crippen molar-refractivity contribution >= 4 is 17.0 Å². The molecule has 2 N–H and O–H groups in total. The quantitative estimate of drug-likeness (QED) is 0.675. The Morgan fingerprint density at radius 3 is 2.90 bits per heavy atom. The van der Waals surface area contributed by atoms with Crippen molar-refractivity contribution in [3.8, 4) is 11.3 Å². The molecule has 6 heteroatoms. The predicted molar refractivity (Wildman–Crippen MR) is 81.0 cm³/mol. The topological polar surface area (TPSA) is 82.0 Å². The van der Waals surface area contributed by atoms with Crippen LogP contribution in [0, 0.1) is 17.0 Å². The van der Waals surface area contributed by atoms with E-state index in [1.54, 1.807) is 23.5 Å². The largest absolute Gasteiger partial charge is 0.330 e. The minimum atomic E-state index is -0.383. The first-order valence-corrected chi connectivity index (χ1v) is 7.26. The Balaban J connectivity index is 2.47. The molecule has 1 unspecified atom stereocenters. The monoisotopic (exact) mass is 291 g/mol. The lowest BCUT2D eigenvalue weighted by Gasteiger charge is -2.09. The van der Waals surface area contributed by atoms with Gasteiger partial charge in [0.25, 0.3) is 5.69 Å². The molecule has 0 saturated carbocycles. The SMILES string of the molecule is Cc1nc(-c2cccc([N+](=O)[O-])c2)c(C(C)CCN)s1. The molecule has 1 aromatic carbocycles. The van der Waals surface area contributed by atoms with Gasteiger partial charge in [-0.2, -0.15) is 0 Å². The van der Waals surface area contributed by atoms with Crippen molar-refractivity contribution in [1.29, 1.82) is 0 Å². The molecule has 0 fully saturated rings. The van der Waals surface area contributed by atoms with Crippen LogP contribution in [-0.2, 0) is 0 Å². The Bertz CT molecular complexity index is 625. The normalized spacial score (nSPS) is 12.3. The molecule has 0 radical (unpaired) electrons. The molecule has 1 aromatic heterocycles. The highest BCUT2D eigenvalue weighted by Gasteiger charge is 2.18. The zero-order chi connectivity index (χ0) is 14.7. The van der Waals surface area contributed by atoms with Crippen molar-refractivity contribution in [3.63, 3.8) is 0 Å². The summed E-state index contributed by atoms with van der Waals surface area (Å²) in [7, 11) is 0. The van der Waals surface area contributed by atoms with Gasteiger partial charge in [-0.1, -0.05) is 19.1 Å². The number of nitrogens with two attached hydrogens (primary N) is 1. The van der Waals surface area contributed by atoms with Gasteiger partial charge in [0, 0.05) is 22.6 Å². The highest BCUT2D eigenvalue weighted by atomic mass is 32.1. The fourth-order valence-electron chi connectivity index (χ4n) is 2.13. The number of nitro groups is 1. The van der Waals surface area contributed by atoms with E-state index in [9.17, 15) is 10.1 Å². The van der Waals surface area contributed by atoms with Gasteiger partial charge in [-0.25, -0.2) is 4.98 Å². The van der Waals surface area contributed by atoms with Crippen LogP contribution in [0.4, 0.5) is 5.69 Å². The maximum Gasteiger partial charge on any atom is 0.270 e. The van der Waals surface area contributed by atoms with E-state index < -0.39 is 0 Å². The number of nitro benzene ring substituents is 1. The first kappa shape index (κ1) is 14.6. The summed E-state index contributed by atoms with van der Waals surface area (Å²) >= 11 is 1.63. The first-order valence-electron chi connectivity index (χ1n) is 6.45. The van der Waals surface area contributed by atoms with Crippen molar-refractivity contribution in [1.82, 2.24) is 4.98 Å². The number of hydrogen-bond acceptors (Lipinski definition) is 5.